The minimum atomic E-state index is 0.358. The molecule has 0 aliphatic heterocycles. The van der Waals surface area contributed by atoms with Crippen LogP contribution in [0.15, 0.2) is 12.3 Å². The van der Waals surface area contributed by atoms with Gasteiger partial charge in [0.2, 0.25) is 0 Å². The van der Waals surface area contributed by atoms with E-state index in [1.807, 2.05) is 11.8 Å². The summed E-state index contributed by atoms with van der Waals surface area (Å²) in [6, 6.07) is 2.34. The van der Waals surface area contributed by atoms with Gasteiger partial charge in [0.25, 0.3) is 0 Å². The van der Waals surface area contributed by atoms with E-state index in [-0.39, 0.29) is 0 Å². The third-order valence-electron chi connectivity index (χ3n) is 2.74. The minimum Gasteiger partial charge on any atom is -0.365 e. The van der Waals surface area contributed by atoms with Gasteiger partial charge < -0.3 is 4.98 Å². The van der Waals surface area contributed by atoms with Gasteiger partial charge in [0.05, 0.1) is 0 Å². The van der Waals surface area contributed by atoms with Gasteiger partial charge in [-0.1, -0.05) is 34.6 Å². The lowest BCUT2D eigenvalue weighted by Gasteiger charge is -2.22. The van der Waals surface area contributed by atoms with Crippen LogP contribution in [-0.2, 0) is 12.8 Å². The predicted octanol–water partition coefficient (Wildman–Crippen LogP) is 4.54. The van der Waals surface area contributed by atoms with Gasteiger partial charge in [-0.05, 0) is 47.3 Å². The summed E-state index contributed by atoms with van der Waals surface area (Å²) >= 11 is 1.93. The second kappa shape index (κ2) is 5.51. The number of thioether (sulfide) groups is 1. The average molecular weight is 253 g/mol. The first kappa shape index (κ1) is 14.7. The van der Waals surface area contributed by atoms with Crippen LogP contribution in [0.4, 0.5) is 0 Å². The van der Waals surface area contributed by atoms with Crippen molar-refractivity contribution in [2.45, 2.75) is 47.5 Å². The highest BCUT2D eigenvalue weighted by atomic mass is 32.2. The summed E-state index contributed by atoms with van der Waals surface area (Å²) in [4.78, 5) is 3.42. The number of nitrogens with one attached hydrogen (secondary N) is 1. The highest BCUT2D eigenvalue weighted by Gasteiger charge is 2.19. The molecule has 1 heterocycles. The van der Waals surface area contributed by atoms with Gasteiger partial charge >= 0.3 is 0 Å². The highest BCUT2D eigenvalue weighted by molar-refractivity contribution is 7.98. The first-order valence-corrected chi connectivity index (χ1v) is 7.76. The molecule has 98 valence electrons. The molecule has 0 saturated carbocycles. The zero-order chi connectivity index (χ0) is 13.1. The van der Waals surface area contributed by atoms with Crippen molar-refractivity contribution < 1.29 is 0 Å². The summed E-state index contributed by atoms with van der Waals surface area (Å²) < 4.78 is 0. The third-order valence-corrected chi connectivity index (χ3v) is 3.81. The second-order valence-corrected chi connectivity index (χ2v) is 7.91. The van der Waals surface area contributed by atoms with Crippen LogP contribution in [0, 0.1) is 10.8 Å². The Labute approximate surface area is 111 Å². The van der Waals surface area contributed by atoms with Gasteiger partial charge in [0.15, 0.2) is 0 Å². The summed E-state index contributed by atoms with van der Waals surface area (Å²) in [6.45, 7) is 11.5. The van der Waals surface area contributed by atoms with Crippen LogP contribution >= 0.6 is 11.8 Å². The Bertz CT molecular complexity index is 344. The Balaban J connectivity index is 2.63. The number of aromatic amines is 1. The van der Waals surface area contributed by atoms with Crippen molar-refractivity contribution in [3.8, 4) is 0 Å². The third kappa shape index (κ3) is 5.67. The van der Waals surface area contributed by atoms with Gasteiger partial charge in [0, 0.05) is 11.9 Å². The zero-order valence-electron chi connectivity index (χ0n) is 12.2. The average Bonchev–Trinajstić information content (AvgIpc) is 2.47. The molecule has 1 nitrogen and oxygen atoms in total. The van der Waals surface area contributed by atoms with Crippen molar-refractivity contribution in [3.63, 3.8) is 0 Å². The fraction of sp³-hybridized carbons (Fsp3) is 0.733. The monoisotopic (exact) mass is 253 g/mol. The van der Waals surface area contributed by atoms with Gasteiger partial charge in [-0.25, -0.2) is 0 Å². The standard InChI is InChI=1S/C15H27NS/c1-14(2,3)9-13-7-12(10-16-13)8-15(4,5)11-17-6/h7,10,16H,8-9,11H2,1-6H3. The SMILES string of the molecule is CSCC(C)(C)Cc1c[nH]c(CC(C)(C)C)c1. The summed E-state index contributed by atoms with van der Waals surface area (Å²) in [5.74, 6) is 1.22. The van der Waals surface area contributed by atoms with E-state index in [1.54, 1.807) is 0 Å². The molecule has 0 unspecified atom stereocenters. The van der Waals surface area contributed by atoms with Gasteiger partial charge in [-0.15, -0.1) is 0 Å². The molecule has 0 radical (unpaired) electrons. The lowest BCUT2D eigenvalue weighted by atomic mass is 9.88. The molecular formula is C15H27NS. The van der Waals surface area contributed by atoms with Crippen LogP contribution in [0.3, 0.4) is 0 Å². The summed E-state index contributed by atoms with van der Waals surface area (Å²) in [7, 11) is 0. The molecule has 0 aliphatic rings. The van der Waals surface area contributed by atoms with Crippen molar-refractivity contribution in [1.29, 1.82) is 0 Å². The molecule has 1 rings (SSSR count). The Morgan fingerprint density at radius 3 is 2.29 bits per heavy atom. The Morgan fingerprint density at radius 1 is 1.12 bits per heavy atom. The predicted molar refractivity (Wildman–Crippen MR) is 79.8 cm³/mol. The summed E-state index contributed by atoms with van der Waals surface area (Å²) in [5.41, 5.74) is 3.56. The summed E-state index contributed by atoms with van der Waals surface area (Å²) in [5, 5.41) is 0. The van der Waals surface area contributed by atoms with Crippen LogP contribution in [-0.4, -0.2) is 17.0 Å². The Hall–Kier alpha value is -0.370. The molecule has 0 spiro atoms. The van der Waals surface area contributed by atoms with Crippen molar-refractivity contribution in [3.05, 3.63) is 23.5 Å². The maximum Gasteiger partial charge on any atom is 0.0155 e. The molecule has 0 fully saturated rings. The van der Waals surface area contributed by atoms with Crippen LogP contribution in [0.2, 0.25) is 0 Å². The van der Waals surface area contributed by atoms with Gasteiger partial charge in [-0.2, -0.15) is 11.8 Å². The van der Waals surface area contributed by atoms with E-state index in [4.69, 9.17) is 0 Å². The molecule has 1 N–H and O–H groups in total. The molecule has 0 bridgehead atoms. The molecule has 1 aromatic rings. The fourth-order valence-corrected chi connectivity index (χ4v) is 3.15. The van der Waals surface area contributed by atoms with Gasteiger partial charge in [-0.3, -0.25) is 0 Å². The number of H-pyrrole nitrogens is 1. The first-order valence-electron chi connectivity index (χ1n) is 6.37. The topological polar surface area (TPSA) is 15.8 Å². The first-order chi connectivity index (χ1) is 7.72. The molecule has 0 amide bonds. The normalized spacial score (nSPS) is 13.1. The number of hydrogen-bond acceptors (Lipinski definition) is 1. The van der Waals surface area contributed by atoms with E-state index in [9.17, 15) is 0 Å². The smallest absolute Gasteiger partial charge is 0.0155 e. The van der Waals surface area contributed by atoms with E-state index < -0.39 is 0 Å². The Morgan fingerprint density at radius 2 is 1.76 bits per heavy atom. The van der Waals surface area contributed by atoms with Crippen LogP contribution in [0.5, 0.6) is 0 Å². The highest BCUT2D eigenvalue weighted by Crippen LogP contribution is 2.27. The Kier molecular flexibility index (Phi) is 4.77. The molecule has 17 heavy (non-hydrogen) atoms. The molecule has 0 saturated heterocycles. The maximum absolute atomic E-state index is 3.42. The number of aromatic nitrogens is 1. The van der Waals surface area contributed by atoms with E-state index >= 15 is 0 Å². The molecular weight excluding hydrogens is 226 g/mol. The second-order valence-electron chi connectivity index (χ2n) is 7.04. The van der Waals surface area contributed by atoms with E-state index in [1.165, 1.54) is 17.0 Å². The zero-order valence-corrected chi connectivity index (χ0v) is 13.0. The maximum atomic E-state index is 3.42. The molecule has 2 heteroatoms. The lowest BCUT2D eigenvalue weighted by molar-refractivity contribution is 0.407. The van der Waals surface area contributed by atoms with Crippen molar-refractivity contribution in [1.82, 2.24) is 4.98 Å². The fourth-order valence-electron chi connectivity index (χ4n) is 2.26. The lowest BCUT2D eigenvalue weighted by Crippen LogP contribution is -2.17. The van der Waals surface area contributed by atoms with Crippen LogP contribution in [0.25, 0.3) is 0 Å². The van der Waals surface area contributed by atoms with E-state index in [2.05, 4.69) is 58.1 Å². The van der Waals surface area contributed by atoms with Crippen molar-refractivity contribution >= 4 is 11.8 Å². The molecule has 0 aromatic carbocycles. The number of hydrogen-bond donors (Lipinski definition) is 1. The van der Waals surface area contributed by atoms with Crippen molar-refractivity contribution in [2.24, 2.45) is 10.8 Å². The molecule has 0 aliphatic carbocycles. The van der Waals surface area contributed by atoms with E-state index in [0.717, 1.165) is 12.8 Å². The van der Waals surface area contributed by atoms with Crippen LogP contribution in [0.1, 0.15) is 45.9 Å². The number of rotatable bonds is 5. The molecule has 0 atom stereocenters. The minimum absolute atomic E-state index is 0.358. The summed E-state index contributed by atoms with van der Waals surface area (Å²) in [6.07, 6.45) is 6.65. The largest absolute Gasteiger partial charge is 0.365 e. The van der Waals surface area contributed by atoms with Crippen LogP contribution < -0.4 is 0 Å². The van der Waals surface area contributed by atoms with E-state index in [0.29, 0.717) is 10.8 Å². The molecule has 1 aromatic heterocycles. The quantitative estimate of drug-likeness (QED) is 0.815. The van der Waals surface area contributed by atoms with Crippen molar-refractivity contribution in [2.75, 3.05) is 12.0 Å². The van der Waals surface area contributed by atoms with Gasteiger partial charge in [0.1, 0.15) is 0 Å².